The Morgan fingerprint density at radius 3 is 2.60 bits per heavy atom. The average Bonchev–Trinajstić information content (AvgIpc) is 2.47. The molecule has 0 aromatic carbocycles. The van der Waals surface area contributed by atoms with Crippen molar-refractivity contribution in [3.8, 4) is 0 Å². The van der Waals surface area contributed by atoms with Crippen molar-refractivity contribution in [2.24, 2.45) is 0 Å². The predicted octanol–water partition coefficient (Wildman–Crippen LogP) is 2.06. The zero-order chi connectivity index (χ0) is 14.6. The lowest BCUT2D eigenvalue weighted by Crippen LogP contribution is -2.60. The minimum Gasteiger partial charge on any atom is -0.383 e. The van der Waals surface area contributed by atoms with Gasteiger partial charge in [-0.05, 0) is 52.0 Å². The van der Waals surface area contributed by atoms with E-state index in [1.807, 2.05) is 6.07 Å². The lowest BCUT2D eigenvalue weighted by molar-refractivity contribution is 0.0599. The second-order valence-electron chi connectivity index (χ2n) is 6.15. The molecular formula is C16H28N4. The van der Waals surface area contributed by atoms with Crippen LogP contribution in [-0.2, 0) is 6.42 Å². The molecule has 1 fully saturated rings. The van der Waals surface area contributed by atoms with Crippen LogP contribution in [0.25, 0.3) is 0 Å². The van der Waals surface area contributed by atoms with E-state index in [0.29, 0.717) is 11.9 Å². The number of nitrogens with two attached hydrogens (primary N) is 1. The summed E-state index contributed by atoms with van der Waals surface area (Å²) in [6.45, 7) is 0. The van der Waals surface area contributed by atoms with Gasteiger partial charge in [0.25, 0.3) is 0 Å². The van der Waals surface area contributed by atoms with Gasteiger partial charge in [0, 0.05) is 17.8 Å². The molecule has 2 rings (SSSR count). The van der Waals surface area contributed by atoms with E-state index in [9.17, 15) is 0 Å². The molecule has 0 spiro atoms. The molecule has 4 heteroatoms. The summed E-state index contributed by atoms with van der Waals surface area (Å²) in [6.07, 6.45) is 9.21. The van der Waals surface area contributed by atoms with Crippen molar-refractivity contribution >= 4 is 5.82 Å². The molecule has 112 valence electrons. The Morgan fingerprint density at radius 2 is 2.05 bits per heavy atom. The number of nitrogen functional groups attached to an aromatic ring is 1. The van der Waals surface area contributed by atoms with Gasteiger partial charge in [0.2, 0.25) is 0 Å². The molecule has 0 aliphatic heterocycles. The number of anilines is 1. The number of nitrogens with zero attached hydrogens (tertiary/aromatic N) is 2. The lowest BCUT2D eigenvalue weighted by Gasteiger charge is -2.48. The summed E-state index contributed by atoms with van der Waals surface area (Å²) < 4.78 is 0. The minimum absolute atomic E-state index is 0.231. The van der Waals surface area contributed by atoms with Crippen LogP contribution in [-0.4, -0.2) is 42.6 Å². The SMILES string of the molecule is CNC(Cc1cccnc1N)C1(N(C)C)CCCCC1. The molecule has 1 aliphatic rings. The Kier molecular flexibility index (Phi) is 5.00. The van der Waals surface area contributed by atoms with Crippen LogP contribution in [0, 0.1) is 0 Å². The molecular weight excluding hydrogens is 248 g/mol. The Hall–Kier alpha value is -1.13. The zero-order valence-corrected chi connectivity index (χ0v) is 13.0. The number of nitrogens with one attached hydrogen (secondary N) is 1. The van der Waals surface area contributed by atoms with Crippen molar-refractivity contribution in [1.82, 2.24) is 15.2 Å². The van der Waals surface area contributed by atoms with E-state index in [4.69, 9.17) is 5.73 Å². The van der Waals surface area contributed by atoms with Crippen molar-refractivity contribution < 1.29 is 0 Å². The molecule has 1 aromatic rings. The van der Waals surface area contributed by atoms with Crippen molar-refractivity contribution in [2.45, 2.75) is 50.1 Å². The van der Waals surface area contributed by atoms with Gasteiger partial charge < -0.3 is 16.0 Å². The van der Waals surface area contributed by atoms with E-state index < -0.39 is 0 Å². The smallest absolute Gasteiger partial charge is 0.126 e. The van der Waals surface area contributed by atoms with E-state index in [1.165, 1.54) is 32.1 Å². The fourth-order valence-electron chi connectivity index (χ4n) is 3.68. The molecule has 1 atom stereocenters. The van der Waals surface area contributed by atoms with Gasteiger partial charge in [-0.15, -0.1) is 0 Å². The maximum atomic E-state index is 6.02. The molecule has 0 bridgehead atoms. The predicted molar refractivity (Wildman–Crippen MR) is 84.7 cm³/mol. The Morgan fingerprint density at radius 1 is 1.35 bits per heavy atom. The minimum atomic E-state index is 0.231. The molecule has 1 aliphatic carbocycles. The van der Waals surface area contributed by atoms with E-state index >= 15 is 0 Å². The van der Waals surface area contributed by atoms with Gasteiger partial charge in [-0.2, -0.15) is 0 Å². The van der Waals surface area contributed by atoms with Gasteiger partial charge in [0.05, 0.1) is 0 Å². The maximum Gasteiger partial charge on any atom is 0.126 e. The molecule has 1 heterocycles. The molecule has 0 radical (unpaired) electrons. The van der Waals surface area contributed by atoms with Crippen LogP contribution in [0.4, 0.5) is 5.82 Å². The van der Waals surface area contributed by atoms with E-state index in [-0.39, 0.29) is 5.54 Å². The zero-order valence-electron chi connectivity index (χ0n) is 13.0. The second kappa shape index (κ2) is 6.55. The number of rotatable bonds is 5. The second-order valence-corrected chi connectivity index (χ2v) is 6.15. The molecule has 1 aromatic heterocycles. The van der Waals surface area contributed by atoms with Crippen LogP contribution in [0.2, 0.25) is 0 Å². The third-order valence-electron chi connectivity index (χ3n) is 4.96. The first-order valence-corrected chi connectivity index (χ1v) is 7.64. The average molecular weight is 276 g/mol. The standard InChI is InChI=1S/C16H28N4/c1-18-14(12-13-8-7-11-19-15(13)17)16(20(2)3)9-5-4-6-10-16/h7-8,11,14,18H,4-6,9-10,12H2,1-3H3,(H2,17,19). The van der Waals surface area contributed by atoms with Crippen LogP contribution >= 0.6 is 0 Å². The molecule has 20 heavy (non-hydrogen) atoms. The van der Waals surface area contributed by atoms with Crippen molar-refractivity contribution in [2.75, 3.05) is 26.9 Å². The highest BCUT2D eigenvalue weighted by molar-refractivity contribution is 5.39. The van der Waals surface area contributed by atoms with Gasteiger partial charge in [-0.25, -0.2) is 4.98 Å². The normalized spacial score (nSPS) is 20.0. The lowest BCUT2D eigenvalue weighted by atomic mass is 9.73. The van der Waals surface area contributed by atoms with Gasteiger partial charge >= 0.3 is 0 Å². The summed E-state index contributed by atoms with van der Waals surface area (Å²) in [5, 5.41) is 3.54. The first kappa shape index (κ1) is 15.3. The Bertz CT molecular complexity index is 424. The van der Waals surface area contributed by atoms with Gasteiger partial charge in [0.1, 0.15) is 5.82 Å². The van der Waals surface area contributed by atoms with Crippen LogP contribution < -0.4 is 11.1 Å². The van der Waals surface area contributed by atoms with Crippen LogP contribution in [0.3, 0.4) is 0 Å². The Balaban J connectivity index is 2.23. The van der Waals surface area contributed by atoms with E-state index in [0.717, 1.165) is 12.0 Å². The van der Waals surface area contributed by atoms with Crippen LogP contribution in [0.5, 0.6) is 0 Å². The van der Waals surface area contributed by atoms with E-state index in [2.05, 4.69) is 42.4 Å². The monoisotopic (exact) mass is 276 g/mol. The molecule has 1 saturated carbocycles. The quantitative estimate of drug-likeness (QED) is 0.864. The van der Waals surface area contributed by atoms with Crippen molar-refractivity contribution in [1.29, 1.82) is 0 Å². The molecule has 0 saturated heterocycles. The first-order valence-electron chi connectivity index (χ1n) is 7.64. The van der Waals surface area contributed by atoms with Gasteiger partial charge in [0.15, 0.2) is 0 Å². The molecule has 0 amide bonds. The molecule has 1 unspecified atom stereocenters. The summed E-state index contributed by atoms with van der Waals surface area (Å²) >= 11 is 0. The van der Waals surface area contributed by atoms with Crippen LogP contribution in [0.1, 0.15) is 37.7 Å². The molecule has 3 N–H and O–H groups in total. The fourth-order valence-corrected chi connectivity index (χ4v) is 3.68. The summed E-state index contributed by atoms with van der Waals surface area (Å²) in [5.74, 6) is 0.664. The van der Waals surface area contributed by atoms with Crippen molar-refractivity contribution in [3.63, 3.8) is 0 Å². The van der Waals surface area contributed by atoms with Gasteiger partial charge in [-0.3, -0.25) is 0 Å². The highest BCUT2D eigenvalue weighted by Crippen LogP contribution is 2.36. The number of aromatic nitrogens is 1. The van der Waals surface area contributed by atoms with E-state index in [1.54, 1.807) is 6.20 Å². The molecule has 4 nitrogen and oxygen atoms in total. The highest BCUT2D eigenvalue weighted by atomic mass is 15.2. The topological polar surface area (TPSA) is 54.2 Å². The van der Waals surface area contributed by atoms with Crippen molar-refractivity contribution in [3.05, 3.63) is 23.9 Å². The van der Waals surface area contributed by atoms with Gasteiger partial charge in [-0.1, -0.05) is 25.3 Å². The largest absolute Gasteiger partial charge is 0.383 e. The number of likely N-dealkylation sites (N-methyl/N-ethyl adjacent to an activating group) is 2. The summed E-state index contributed by atoms with van der Waals surface area (Å²) in [4.78, 5) is 6.63. The summed E-state index contributed by atoms with van der Waals surface area (Å²) in [7, 11) is 6.49. The fraction of sp³-hybridized carbons (Fsp3) is 0.688. The maximum absolute atomic E-state index is 6.02. The third kappa shape index (κ3) is 2.96. The highest BCUT2D eigenvalue weighted by Gasteiger charge is 2.41. The first-order chi connectivity index (χ1) is 9.60. The summed E-state index contributed by atoms with van der Waals surface area (Å²) in [5.41, 5.74) is 7.40. The number of pyridine rings is 1. The van der Waals surface area contributed by atoms with Crippen LogP contribution in [0.15, 0.2) is 18.3 Å². The Labute approximate surface area is 122 Å². The third-order valence-corrected chi connectivity index (χ3v) is 4.96. The number of hydrogen-bond donors (Lipinski definition) is 2. The number of hydrogen-bond acceptors (Lipinski definition) is 4. The summed E-state index contributed by atoms with van der Waals surface area (Å²) in [6, 6.07) is 4.48.